The smallest absolute Gasteiger partial charge is 0.119 e. The lowest BCUT2D eigenvalue weighted by atomic mass is 9.81. The second-order valence-electron chi connectivity index (χ2n) is 7.41. The number of para-hydroxylation sites is 1. The van der Waals surface area contributed by atoms with Gasteiger partial charge >= 0.3 is 0 Å². The summed E-state index contributed by atoms with van der Waals surface area (Å²) in [6, 6.07) is 17.0. The van der Waals surface area contributed by atoms with E-state index in [2.05, 4.69) is 18.2 Å². The Bertz CT molecular complexity index is 671. The van der Waals surface area contributed by atoms with Crippen LogP contribution >= 0.6 is 0 Å². The first kappa shape index (κ1) is 18.9. The van der Waals surface area contributed by atoms with E-state index in [1.54, 1.807) is 0 Å². The van der Waals surface area contributed by atoms with Gasteiger partial charge in [-0.25, -0.2) is 0 Å². The van der Waals surface area contributed by atoms with Gasteiger partial charge in [0.25, 0.3) is 0 Å². The zero-order chi connectivity index (χ0) is 18.2. The van der Waals surface area contributed by atoms with Crippen molar-refractivity contribution in [1.29, 1.82) is 0 Å². The molecule has 2 atom stereocenters. The van der Waals surface area contributed by atoms with Gasteiger partial charge in [-0.3, -0.25) is 0 Å². The summed E-state index contributed by atoms with van der Waals surface area (Å²) in [5, 5.41) is 8.98. The fourth-order valence-corrected chi connectivity index (χ4v) is 3.90. The summed E-state index contributed by atoms with van der Waals surface area (Å²) in [4.78, 5) is 0. The van der Waals surface area contributed by atoms with Crippen LogP contribution in [0.1, 0.15) is 48.3 Å². The van der Waals surface area contributed by atoms with E-state index in [4.69, 9.17) is 15.6 Å². The molecule has 0 fully saturated rings. The van der Waals surface area contributed by atoms with Crippen molar-refractivity contribution in [1.82, 2.24) is 0 Å². The molecule has 1 aliphatic rings. The van der Waals surface area contributed by atoms with Crippen molar-refractivity contribution >= 4 is 0 Å². The number of aliphatic hydroxyl groups excluding tert-OH is 1. The average Bonchev–Trinajstić information content (AvgIpc) is 2.70. The fraction of sp³-hybridized carbons (Fsp3) is 0.478. The van der Waals surface area contributed by atoms with Gasteiger partial charge in [-0.05, 0) is 79.3 Å². The van der Waals surface area contributed by atoms with Crippen molar-refractivity contribution in [2.45, 2.75) is 44.4 Å². The van der Waals surface area contributed by atoms with Crippen LogP contribution in [0.5, 0.6) is 5.75 Å². The monoisotopic (exact) mass is 353 g/mol. The van der Waals surface area contributed by atoms with E-state index in [-0.39, 0.29) is 6.61 Å². The van der Waals surface area contributed by atoms with E-state index in [1.807, 2.05) is 30.3 Å². The first-order valence-corrected chi connectivity index (χ1v) is 9.90. The van der Waals surface area contributed by atoms with Crippen LogP contribution in [0, 0.1) is 5.92 Å². The minimum atomic E-state index is 0.272. The Balaban J connectivity index is 1.58. The number of aliphatic hydroxyl groups is 1. The molecule has 0 amide bonds. The molecule has 0 saturated carbocycles. The van der Waals surface area contributed by atoms with Gasteiger partial charge in [-0.2, -0.15) is 0 Å². The van der Waals surface area contributed by atoms with Crippen molar-refractivity contribution in [3.8, 4) is 5.75 Å². The van der Waals surface area contributed by atoms with Gasteiger partial charge in [-0.15, -0.1) is 0 Å². The van der Waals surface area contributed by atoms with Crippen LogP contribution in [-0.4, -0.2) is 24.9 Å². The Labute approximate surface area is 157 Å². The number of fused-ring (bicyclic) bond motifs is 1. The van der Waals surface area contributed by atoms with Crippen LogP contribution in [0.2, 0.25) is 0 Å². The second kappa shape index (κ2) is 9.75. The fourth-order valence-electron chi connectivity index (χ4n) is 3.90. The van der Waals surface area contributed by atoms with Crippen LogP contribution in [0.25, 0.3) is 0 Å². The summed E-state index contributed by atoms with van der Waals surface area (Å²) >= 11 is 0. The molecule has 0 radical (unpaired) electrons. The zero-order valence-electron chi connectivity index (χ0n) is 15.6. The van der Waals surface area contributed by atoms with Crippen molar-refractivity contribution in [2.24, 2.45) is 11.7 Å². The molecule has 3 rings (SSSR count). The lowest BCUT2D eigenvalue weighted by molar-refractivity contribution is 0.234. The highest BCUT2D eigenvalue weighted by Crippen LogP contribution is 2.30. The van der Waals surface area contributed by atoms with Gasteiger partial charge in [0, 0.05) is 6.61 Å². The van der Waals surface area contributed by atoms with Crippen molar-refractivity contribution in [3.05, 3.63) is 65.2 Å². The molecule has 3 heteroatoms. The van der Waals surface area contributed by atoms with E-state index >= 15 is 0 Å². The normalized spacial score (nSPS) is 17.5. The minimum Gasteiger partial charge on any atom is -0.493 e. The number of aryl methyl sites for hydroxylation is 1. The van der Waals surface area contributed by atoms with Crippen LogP contribution in [0.3, 0.4) is 0 Å². The molecule has 0 bridgehead atoms. The molecule has 3 N–H and O–H groups in total. The van der Waals surface area contributed by atoms with Crippen molar-refractivity contribution < 1.29 is 9.84 Å². The van der Waals surface area contributed by atoms with Crippen molar-refractivity contribution in [2.75, 3.05) is 19.8 Å². The van der Waals surface area contributed by atoms with E-state index in [0.717, 1.165) is 44.5 Å². The number of unbranched alkanes of at least 4 members (excludes halogenated alkanes) is 1. The Hall–Kier alpha value is -1.84. The van der Waals surface area contributed by atoms with Crippen LogP contribution in [0.15, 0.2) is 48.5 Å². The van der Waals surface area contributed by atoms with E-state index in [0.29, 0.717) is 18.4 Å². The summed E-state index contributed by atoms with van der Waals surface area (Å²) in [5.74, 6) is 1.96. The molecule has 0 heterocycles. The highest BCUT2D eigenvalue weighted by Gasteiger charge is 2.21. The largest absolute Gasteiger partial charge is 0.493 e. The third-order valence-electron chi connectivity index (χ3n) is 5.51. The SMILES string of the molecule is NC[C@H](CCCCO)c1ccc2c(c1)CC[C@H](COc1ccccc1)C2. The molecule has 26 heavy (non-hydrogen) atoms. The number of hydrogen-bond donors (Lipinski definition) is 2. The predicted octanol–water partition coefficient (Wildman–Crippen LogP) is 4.08. The molecule has 0 aromatic heterocycles. The number of hydrogen-bond acceptors (Lipinski definition) is 3. The van der Waals surface area contributed by atoms with Crippen LogP contribution in [0.4, 0.5) is 0 Å². The molecule has 0 spiro atoms. The van der Waals surface area contributed by atoms with Gasteiger partial charge in [-0.1, -0.05) is 42.8 Å². The topological polar surface area (TPSA) is 55.5 Å². The van der Waals surface area contributed by atoms with Crippen molar-refractivity contribution in [3.63, 3.8) is 0 Å². The second-order valence-corrected chi connectivity index (χ2v) is 7.41. The lowest BCUT2D eigenvalue weighted by Gasteiger charge is -2.26. The molecule has 2 aromatic carbocycles. The summed E-state index contributed by atoms with van der Waals surface area (Å²) in [6.45, 7) is 1.74. The van der Waals surface area contributed by atoms with Gasteiger partial charge in [0.05, 0.1) is 6.61 Å². The zero-order valence-corrected chi connectivity index (χ0v) is 15.6. The molecule has 0 saturated heterocycles. The number of benzene rings is 2. The van der Waals surface area contributed by atoms with Gasteiger partial charge < -0.3 is 15.6 Å². The highest BCUT2D eigenvalue weighted by molar-refractivity contribution is 5.36. The van der Waals surface area contributed by atoms with Gasteiger partial charge in [0.1, 0.15) is 5.75 Å². The van der Waals surface area contributed by atoms with Gasteiger partial charge in [0.2, 0.25) is 0 Å². The maximum atomic E-state index is 8.98. The van der Waals surface area contributed by atoms with E-state index in [9.17, 15) is 0 Å². The summed E-state index contributed by atoms with van der Waals surface area (Å²) in [7, 11) is 0. The first-order chi connectivity index (χ1) is 12.8. The number of rotatable bonds is 9. The predicted molar refractivity (Wildman–Crippen MR) is 107 cm³/mol. The Morgan fingerprint density at radius 2 is 1.92 bits per heavy atom. The standard InChI is InChI=1S/C23H31NO2/c24-16-22(6-4-5-13-25)21-12-11-19-14-18(9-10-20(19)15-21)17-26-23-7-2-1-3-8-23/h1-3,7-8,11-12,15,18,22,25H,4-6,9-10,13-14,16-17,24H2/t18-,22-/m0/s1. The molecule has 1 aliphatic carbocycles. The quantitative estimate of drug-likeness (QED) is 0.668. The Kier molecular flexibility index (Phi) is 7.10. The molecule has 140 valence electrons. The molecular weight excluding hydrogens is 322 g/mol. The molecule has 0 unspecified atom stereocenters. The Morgan fingerprint density at radius 1 is 1.08 bits per heavy atom. The average molecular weight is 354 g/mol. The summed E-state index contributed by atoms with van der Waals surface area (Å²) < 4.78 is 5.96. The molecule has 0 aliphatic heterocycles. The minimum absolute atomic E-state index is 0.272. The van der Waals surface area contributed by atoms with E-state index < -0.39 is 0 Å². The number of nitrogens with two attached hydrogens (primary N) is 1. The molecular formula is C23H31NO2. The number of ether oxygens (including phenoxy) is 1. The van der Waals surface area contributed by atoms with Crippen LogP contribution < -0.4 is 10.5 Å². The van der Waals surface area contributed by atoms with Crippen LogP contribution in [-0.2, 0) is 12.8 Å². The Morgan fingerprint density at radius 3 is 2.69 bits per heavy atom. The third kappa shape index (κ3) is 5.09. The third-order valence-corrected chi connectivity index (χ3v) is 5.51. The molecule has 2 aromatic rings. The molecule has 3 nitrogen and oxygen atoms in total. The highest BCUT2D eigenvalue weighted by atomic mass is 16.5. The summed E-state index contributed by atoms with van der Waals surface area (Å²) in [5.41, 5.74) is 10.3. The first-order valence-electron chi connectivity index (χ1n) is 9.90. The van der Waals surface area contributed by atoms with E-state index in [1.165, 1.54) is 23.1 Å². The maximum Gasteiger partial charge on any atom is 0.119 e. The van der Waals surface area contributed by atoms with Gasteiger partial charge in [0.15, 0.2) is 0 Å². The summed E-state index contributed by atoms with van der Waals surface area (Å²) in [6.07, 6.45) is 6.36. The maximum absolute atomic E-state index is 8.98. The lowest BCUT2D eigenvalue weighted by Crippen LogP contribution is -2.21.